The minimum absolute atomic E-state index is 0.115. The molecular weight excluding hydrogens is 247 g/mol. The molecule has 1 N–H and O–H groups in total. The molecule has 0 aliphatic rings. The molecule has 0 unspecified atom stereocenters. The van der Waals surface area contributed by atoms with Crippen molar-refractivity contribution in [1.29, 1.82) is 5.26 Å². The molecule has 1 aromatic rings. The summed E-state index contributed by atoms with van der Waals surface area (Å²) >= 11 is 0. The fourth-order valence-electron chi connectivity index (χ4n) is 1.45. The molecule has 0 bridgehead atoms. The topological polar surface area (TPSA) is 62.1 Å². The highest BCUT2D eigenvalue weighted by Crippen LogP contribution is 2.09. The molecule has 102 valence electrons. The van der Waals surface area contributed by atoms with Crippen LogP contribution < -0.4 is 5.32 Å². The SMILES string of the molecule is CCCOCCC(=O)NCc1ccc(C#N)cc1F. The molecule has 0 aliphatic carbocycles. The Kier molecular flexibility index (Phi) is 6.55. The monoisotopic (exact) mass is 264 g/mol. The molecule has 1 aromatic carbocycles. The maximum atomic E-state index is 13.5. The van der Waals surface area contributed by atoms with Gasteiger partial charge in [-0.3, -0.25) is 4.79 Å². The summed E-state index contributed by atoms with van der Waals surface area (Å²) in [6.45, 7) is 3.12. The molecule has 0 saturated carbocycles. The first-order chi connectivity index (χ1) is 9.17. The number of carbonyl (C=O) groups is 1. The van der Waals surface area contributed by atoms with Crippen molar-refractivity contribution in [3.63, 3.8) is 0 Å². The van der Waals surface area contributed by atoms with Crippen LogP contribution in [0.5, 0.6) is 0 Å². The summed E-state index contributed by atoms with van der Waals surface area (Å²) in [5.41, 5.74) is 0.627. The fourth-order valence-corrected chi connectivity index (χ4v) is 1.45. The highest BCUT2D eigenvalue weighted by molar-refractivity contribution is 5.75. The second-order valence-corrected chi connectivity index (χ2v) is 4.06. The van der Waals surface area contributed by atoms with Gasteiger partial charge in [-0.1, -0.05) is 13.0 Å². The van der Waals surface area contributed by atoms with Crippen LogP contribution in [0.2, 0.25) is 0 Å². The number of nitrogens with one attached hydrogen (secondary N) is 1. The number of benzene rings is 1. The fraction of sp³-hybridized carbons (Fsp3) is 0.429. The van der Waals surface area contributed by atoms with Crippen LogP contribution in [0.25, 0.3) is 0 Å². The van der Waals surface area contributed by atoms with E-state index in [9.17, 15) is 9.18 Å². The van der Waals surface area contributed by atoms with E-state index in [1.165, 1.54) is 12.1 Å². The predicted octanol–water partition coefficient (Wildman–Crippen LogP) is 2.13. The van der Waals surface area contributed by atoms with E-state index in [1.54, 1.807) is 0 Å². The largest absolute Gasteiger partial charge is 0.381 e. The number of hydrogen-bond acceptors (Lipinski definition) is 3. The Labute approximate surface area is 112 Å². The first kappa shape index (κ1) is 15.1. The molecule has 0 spiro atoms. The number of hydrogen-bond donors (Lipinski definition) is 1. The van der Waals surface area contributed by atoms with Crippen molar-refractivity contribution < 1.29 is 13.9 Å². The van der Waals surface area contributed by atoms with Crippen molar-refractivity contribution in [3.05, 3.63) is 35.1 Å². The van der Waals surface area contributed by atoms with E-state index in [4.69, 9.17) is 10.00 Å². The quantitative estimate of drug-likeness (QED) is 0.767. The molecule has 0 radical (unpaired) electrons. The van der Waals surface area contributed by atoms with Crippen molar-refractivity contribution >= 4 is 5.91 Å². The van der Waals surface area contributed by atoms with Gasteiger partial charge in [0.25, 0.3) is 0 Å². The second-order valence-electron chi connectivity index (χ2n) is 4.06. The third-order valence-electron chi connectivity index (χ3n) is 2.48. The lowest BCUT2D eigenvalue weighted by atomic mass is 10.1. The smallest absolute Gasteiger partial charge is 0.222 e. The molecular formula is C14H17FN2O2. The molecule has 0 heterocycles. The highest BCUT2D eigenvalue weighted by atomic mass is 19.1. The summed E-state index contributed by atoms with van der Waals surface area (Å²) in [7, 11) is 0. The Morgan fingerprint density at radius 2 is 2.26 bits per heavy atom. The van der Waals surface area contributed by atoms with Crippen LogP contribution in [-0.2, 0) is 16.1 Å². The molecule has 0 aliphatic heterocycles. The van der Waals surface area contributed by atoms with Crippen molar-refractivity contribution in [3.8, 4) is 6.07 Å². The first-order valence-corrected chi connectivity index (χ1v) is 6.20. The Hall–Kier alpha value is -1.93. The Bertz CT molecular complexity index is 469. The van der Waals surface area contributed by atoms with Crippen LogP contribution in [0.3, 0.4) is 0 Å². The van der Waals surface area contributed by atoms with E-state index in [2.05, 4.69) is 5.32 Å². The predicted molar refractivity (Wildman–Crippen MR) is 68.7 cm³/mol. The van der Waals surface area contributed by atoms with Gasteiger partial charge in [-0.05, 0) is 18.6 Å². The van der Waals surface area contributed by atoms with Crippen LogP contribution in [0.4, 0.5) is 4.39 Å². The van der Waals surface area contributed by atoms with E-state index in [0.29, 0.717) is 18.8 Å². The lowest BCUT2D eigenvalue weighted by molar-refractivity contribution is -0.122. The van der Waals surface area contributed by atoms with E-state index < -0.39 is 5.82 Å². The molecule has 0 fully saturated rings. The first-order valence-electron chi connectivity index (χ1n) is 6.20. The van der Waals surface area contributed by atoms with Gasteiger partial charge in [-0.25, -0.2) is 4.39 Å². The highest BCUT2D eigenvalue weighted by Gasteiger charge is 2.06. The van der Waals surface area contributed by atoms with Crippen LogP contribution in [0, 0.1) is 17.1 Å². The lowest BCUT2D eigenvalue weighted by Gasteiger charge is -2.07. The lowest BCUT2D eigenvalue weighted by Crippen LogP contribution is -2.24. The van der Waals surface area contributed by atoms with Gasteiger partial charge in [-0.15, -0.1) is 0 Å². The van der Waals surface area contributed by atoms with Gasteiger partial charge in [0.15, 0.2) is 0 Å². The average Bonchev–Trinajstić information content (AvgIpc) is 2.42. The summed E-state index contributed by atoms with van der Waals surface area (Å²) in [5, 5.41) is 11.2. The minimum atomic E-state index is -0.485. The van der Waals surface area contributed by atoms with Crippen molar-refractivity contribution in [2.24, 2.45) is 0 Å². The number of nitrogens with zero attached hydrogens (tertiary/aromatic N) is 1. The minimum Gasteiger partial charge on any atom is -0.381 e. The molecule has 4 nitrogen and oxygen atoms in total. The third kappa shape index (κ3) is 5.49. The van der Waals surface area contributed by atoms with Crippen LogP contribution in [0.15, 0.2) is 18.2 Å². The zero-order valence-corrected chi connectivity index (χ0v) is 10.9. The number of rotatable bonds is 7. The summed E-state index contributed by atoms with van der Waals surface area (Å²) in [4.78, 5) is 11.4. The Morgan fingerprint density at radius 3 is 2.89 bits per heavy atom. The van der Waals surface area contributed by atoms with Gasteiger partial charge in [-0.2, -0.15) is 5.26 Å². The van der Waals surface area contributed by atoms with E-state index in [0.717, 1.165) is 12.5 Å². The maximum Gasteiger partial charge on any atom is 0.222 e. The van der Waals surface area contributed by atoms with Crippen LogP contribution in [-0.4, -0.2) is 19.1 Å². The second kappa shape index (κ2) is 8.22. The molecule has 0 aromatic heterocycles. The molecule has 1 rings (SSSR count). The molecule has 19 heavy (non-hydrogen) atoms. The summed E-state index contributed by atoms with van der Waals surface area (Å²) in [6, 6.07) is 6.04. The van der Waals surface area contributed by atoms with Gasteiger partial charge in [0.2, 0.25) is 5.91 Å². The zero-order valence-electron chi connectivity index (χ0n) is 10.9. The van der Waals surface area contributed by atoms with E-state index in [1.807, 2.05) is 13.0 Å². The molecule has 0 saturated heterocycles. The molecule has 1 amide bonds. The van der Waals surface area contributed by atoms with Gasteiger partial charge in [0, 0.05) is 25.1 Å². The van der Waals surface area contributed by atoms with Crippen LogP contribution in [0.1, 0.15) is 30.9 Å². The third-order valence-corrected chi connectivity index (χ3v) is 2.48. The molecule has 5 heteroatoms. The number of nitriles is 1. The van der Waals surface area contributed by atoms with E-state index in [-0.39, 0.29) is 24.4 Å². The van der Waals surface area contributed by atoms with Gasteiger partial charge in [0.05, 0.1) is 18.2 Å². The Balaban J connectivity index is 2.36. The van der Waals surface area contributed by atoms with Crippen LogP contribution >= 0.6 is 0 Å². The van der Waals surface area contributed by atoms with Gasteiger partial charge in [0.1, 0.15) is 5.82 Å². The van der Waals surface area contributed by atoms with Gasteiger partial charge >= 0.3 is 0 Å². The van der Waals surface area contributed by atoms with E-state index >= 15 is 0 Å². The van der Waals surface area contributed by atoms with Crippen molar-refractivity contribution in [2.75, 3.05) is 13.2 Å². The van der Waals surface area contributed by atoms with Crippen molar-refractivity contribution in [1.82, 2.24) is 5.32 Å². The maximum absolute atomic E-state index is 13.5. The van der Waals surface area contributed by atoms with Gasteiger partial charge < -0.3 is 10.1 Å². The summed E-state index contributed by atoms with van der Waals surface area (Å²) in [5.74, 6) is -0.665. The normalized spacial score (nSPS) is 9.95. The number of halogens is 1. The summed E-state index contributed by atoms with van der Waals surface area (Å²) in [6.07, 6.45) is 1.18. The zero-order chi connectivity index (χ0) is 14.1. The standard InChI is InChI=1S/C14H17FN2O2/c1-2-6-19-7-5-14(18)17-10-12-4-3-11(9-16)8-13(12)15/h3-4,8H,2,5-7,10H2,1H3,(H,17,18). The Morgan fingerprint density at radius 1 is 1.47 bits per heavy atom. The molecule has 0 atom stereocenters. The summed E-state index contributed by atoms with van der Waals surface area (Å²) < 4.78 is 18.7. The van der Waals surface area contributed by atoms with Crippen molar-refractivity contribution in [2.45, 2.75) is 26.3 Å². The number of ether oxygens (including phenoxy) is 1. The number of carbonyl (C=O) groups excluding carboxylic acids is 1. The number of amides is 1. The average molecular weight is 264 g/mol.